The Morgan fingerprint density at radius 2 is 1.71 bits per heavy atom. The molecular formula is C27H24ClF3N4OS2. The monoisotopic (exact) mass is 576 g/mol. The summed E-state index contributed by atoms with van der Waals surface area (Å²) in [6.07, 6.45) is 2.04. The third kappa shape index (κ3) is 7.72. The predicted molar refractivity (Wildman–Crippen MR) is 149 cm³/mol. The molecule has 0 saturated carbocycles. The van der Waals surface area contributed by atoms with Crippen molar-refractivity contribution in [1.29, 1.82) is 0 Å². The average Bonchev–Trinajstić information content (AvgIpc) is 3.30. The van der Waals surface area contributed by atoms with Crippen LogP contribution in [0.1, 0.15) is 41.5 Å². The Balaban J connectivity index is 1.34. The van der Waals surface area contributed by atoms with Gasteiger partial charge in [0.05, 0.1) is 27.1 Å². The lowest BCUT2D eigenvalue weighted by molar-refractivity contribution is 0.0932. The summed E-state index contributed by atoms with van der Waals surface area (Å²) < 4.78 is 40.3. The fourth-order valence-electron chi connectivity index (χ4n) is 3.74. The number of unbranched alkanes of at least 4 members (excludes halogenated alkanes) is 1. The van der Waals surface area contributed by atoms with Crippen molar-refractivity contribution in [3.05, 3.63) is 94.5 Å². The van der Waals surface area contributed by atoms with Crippen LogP contribution >= 0.6 is 35.6 Å². The van der Waals surface area contributed by atoms with Crippen molar-refractivity contribution in [1.82, 2.24) is 20.6 Å². The Morgan fingerprint density at radius 1 is 1.03 bits per heavy atom. The smallest absolute Gasteiger partial charge is 0.251 e. The van der Waals surface area contributed by atoms with Gasteiger partial charge in [0.1, 0.15) is 23.3 Å². The second kappa shape index (κ2) is 13.1. The van der Waals surface area contributed by atoms with Gasteiger partial charge in [0.2, 0.25) is 0 Å². The predicted octanol–water partition coefficient (Wildman–Crippen LogP) is 6.98. The van der Waals surface area contributed by atoms with Crippen LogP contribution in [-0.2, 0) is 0 Å². The number of amides is 1. The molecule has 4 rings (SSSR count). The highest BCUT2D eigenvalue weighted by atomic mass is 35.5. The molecule has 1 amide bonds. The molecule has 0 radical (unpaired) electrons. The topological polar surface area (TPSA) is 69.8 Å². The van der Waals surface area contributed by atoms with Gasteiger partial charge in [-0.2, -0.15) is 0 Å². The lowest BCUT2D eigenvalue weighted by atomic mass is 10.1. The molecule has 0 fully saturated rings. The normalized spacial score (nSPS) is 11.9. The van der Waals surface area contributed by atoms with Crippen LogP contribution in [0, 0.1) is 17.5 Å². The van der Waals surface area contributed by atoms with Crippen molar-refractivity contribution >= 4 is 57.5 Å². The second-order valence-corrected chi connectivity index (χ2v) is 10.5. The van der Waals surface area contributed by atoms with Crippen molar-refractivity contribution in [3.8, 4) is 0 Å². The van der Waals surface area contributed by atoms with E-state index in [1.165, 1.54) is 60.3 Å². The van der Waals surface area contributed by atoms with Gasteiger partial charge in [-0.3, -0.25) is 4.79 Å². The summed E-state index contributed by atoms with van der Waals surface area (Å²) >= 11 is 12.8. The standard InChI is InChI=1S/C27H24ClF3N4OS2/c28-20-13-23-24(14-21(20)31)34-26(33-23)22(35-27(36)16-4-6-17(29)7-5-16)3-1-2-12-32-25(37)15-38-19-10-8-18(30)9-11-19/h4-11,13-14,22H,1-3,12,15H2,(H,32,37)(H,33,34)(H,35,36)/t22-/m0/s1. The number of fused-ring (bicyclic) bond motifs is 1. The number of carbonyl (C=O) groups is 1. The Bertz CT molecular complexity index is 1380. The molecule has 0 saturated heterocycles. The SMILES string of the molecule is O=C(N[C@@H](CCCCNC(=S)CSc1ccc(F)cc1)c1nc2cc(Cl)c(F)cc2[nH]1)c1ccc(F)cc1. The lowest BCUT2D eigenvalue weighted by Crippen LogP contribution is -2.29. The molecule has 0 bridgehead atoms. The molecule has 0 unspecified atom stereocenters. The molecule has 0 aliphatic rings. The number of thiocarbonyl (C=S) groups is 1. The zero-order valence-electron chi connectivity index (χ0n) is 20.1. The molecule has 3 aromatic carbocycles. The second-order valence-electron chi connectivity index (χ2n) is 8.53. The van der Waals surface area contributed by atoms with E-state index in [0.717, 1.165) is 17.7 Å². The van der Waals surface area contributed by atoms with Crippen LogP contribution in [0.25, 0.3) is 11.0 Å². The highest BCUT2D eigenvalue weighted by Gasteiger charge is 2.20. The summed E-state index contributed by atoms with van der Waals surface area (Å²) in [7, 11) is 0. The molecule has 0 aliphatic heterocycles. The molecule has 4 aromatic rings. The number of nitrogens with zero attached hydrogens (tertiary/aromatic N) is 1. The highest BCUT2D eigenvalue weighted by molar-refractivity contribution is 8.01. The zero-order chi connectivity index (χ0) is 27.1. The van der Waals surface area contributed by atoms with Gasteiger partial charge in [-0.1, -0.05) is 23.8 Å². The summed E-state index contributed by atoms with van der Waals surface area (Å²) in [5, 5.41) is 6.12. The van der Waals surface area contributed by atoms with E-state index in [1.54, 1.807) is 12.1 Å². The molecule has 11 heteroatoms. The molecule has 1 aromatic heterocycles. The number of thioether (sulfide) groups is 1. The summed E-state index contributed by atoms with van der Waals surface area (Å²) in [6.45, 7) is 0.641. The van der Waals surface area contributed by atoms with E-state index < -0.39 is 17.7 Å². The van der Waals surface area contributed by atoms with Crippen molar-refractivity contribution in [2.75, 3.05) is 12.3 Å². The molecular weight excluding hydrogens is 553 g/mol. The van der Waals surface area contributed by atoms with Gasteiger partial charge in [0.15, 0.2) is 0 Å². The average molecular weight is 577 g/mol. The Hall–Kier alpha value is -3.08. The largest absolute Gasteiger partial charge is 0.379 e. The van der Waals surface area contributed by atoms with Crippen LogP contribution in [0.4, 0.5) is 13.2 Å². The van der Waals surface area contributed by atoms with Crippen LogP contribution in [0.2, 0.25) is 5.02 Å². The molecule has 0 aliphatic carbocycles. The van der Waals surface area contributed by atoms with Crippen LogP contribution in [0.5, 0.6) is 0 Å². The Kier molecular flexibility index (Phi) is 9.65. The van der Waals surface area contributed by atoms with Crippen molar-refractivity contribution < 1.29 is 18.0 Å². The highest BCUT2D eigenvalue weighted by Crippen LogP contribution is 2.25. The van der Waals surface area contributed by atoms with Crippen molar-refractivity contribution in [2.24, 2.45) is 0 Å². The number of rotatable bonds is 11. The summed E-state index contributed by atoms with van der Waals surface area (Å²) in [4.78, 5) is 22.1. The van der Waals surface area contributed by atoms with E-state index >= 15 is 0 Å². The third-order valence-corrected chi connectivity index (χ3v) is 7.51. The fourth-order valence-corrected chi connectivity index (χ4v) is 4.91. The Morgan fingerprint density at radius 3 is 2.42 bits per heavy atom. The number of nitrogens with one attached hydrogen (secondary N) is 3. The first-order valence-electron chi connectivity index (χ1n) is 11.8. The van der Waals surface area contributed by atoms with Gasteiger partial charge in [-0.25, -0.2) is 18.2 Å². The molecule has 1 heterocycles. The number of hydrogen-bond donors (Lipinski definition) is 3. The van der Waals surface area contributed by atoms with Gasteiger partial charge in [-0.05, 0) is 73.9 Å². The van der Waals surface area contributed by atoms with E-state index in [2.05, 4.69) is 20.6 Å². The minimum absolute atomic E-state index is 0.0397. The molecule has 0 spiro atoms. The van der Waals surface area contributed by atoms with Crippen LogP contribution in [-0.4, -0.2) is 33.2 Å². The van der Waals surface area contributed by atoms with Crippen molar-refractivity contribution in [2.45, 2.75) is 30.2 Å². The first kappa shape index (κ1) is 27.9. The van der Waals surface area contributed by atoms with E-state index in [1.807, 2.05) is 0 Å². The van der Waals surface area contributed by atoms with E-state index in [9.17, 15) is 18.0 Å². The van der Waals surface area contributed by atoms with Gasteiger partial charge in [-0.15, -0.1) is 11.8 Å². The fraction of sp³-hybridized carbons (Fsp3) is 0.222. The first-order chi connectivity index (χ1) is 18.3. The maximum Gasteiger partial charge on any atom is 0.251 e. The molecule has 3 N–H and O–H groups in total. The number of carbonyl (C=O) groups excluding carboxylic acids is 1. The maximum atomic E-state index is 13.9. The summed E-state index contributed by atoms with van der Waals surface area (Å²) in [5.74, 6) is -0.610. The number of benzene rings is 3. The molecule has 1 atom stereocenters. The summed E-state index contributed by atoms with van der Waals surface area (Å²) in [6, 6.07) is 13.7. The first-order valence-corrected chi connectivity index (χ1v) is 13.6. The quantitative estimate of drug-likeness (QED) is 0.102. The summed E-state index contributed by atoms with van der Waals surface area (Å²) in [5.41, 5.74) is 1.26. The number of aromatic amines is 1. The lowest BCUT2D eigenvalue weighted by Gasteiger charge is -2.17. The van der Waals surface area contributed by atoms with Crippen LogP contribution < -0.4 is 10.6 Å². The number of halogens is 4. The number of H-pyrrole nitrogens is 1. The number of aromatic nitrogens is 2. The number of imidazole rings is 1. The maximum absolute atomic E-state index is 13.9. The van der Waals surface area contributed by atoms with Crippen molar-refractivity contribution in [3.63, 3.8) is 0 Å². The molecule has 5 nitrogen and oxygen atoms in total. The van der Waals surface area contributed by atoms with E-state index in [4.69, 9.17) is 23.8 Å². The zero-order valence-corrected chi connectivity index (χ0v) is 22.5. The van der Waals surface area contributed by atoms with Crippen LogP contribution in [0.3, 0.4) is 0 Å². The minimum atomic E-state index is -0.569. The van der Waals surface area contributed by atoms with Gasteiger partial charge < -0.3 is 15.6 Å². The minimum Gasteiger partial charge on any atom is -0.379 e. The number of hydrogen-bond acceptors (Lipinski definition) is 4. The van der Waals surface area contributed by atoms with E-state index in [0.29, 0.717) is 46.1 Å². The molecule has 38 heavy (non-hydrogen) atoms. The Labute approximate surface area is 232 Å². The third-order valence-electron chi connectivity index (χ3n) is 5.71. The van der Waals surface area contributed by atoms with Gasteiger partial charge in [0, 0.05) is 28.8 Å². The van der Waals surface area contributed by atoms with E-state index in [-0.39, 0.29) is 16.7 Å². The van der Waals surface area contributed by atoms with Gasteiger partial charge >= 0.3 is 0 Å². The van der Waals surface area contributed by atoms with Crippen LogP contribution in [0.15, 0.2) is 65.6 Å². The van der Waals surface area contributed by atoms with Gasteiger partial charge in [0.25, 0.3) is 5.91 Å². The molecule has 198 valence electrons.